The molecule has 0 saturated carbocycles. The summed E-state index contributed by atoms with van der Waals surface area (Å²) in [5.41, 5.74) is 2.52. The van der Waals surface area contributed by atoms with Crippen LogP contribution in [0.1, 0.15) is 24.5 Å². The van der Waals surface area contributed by atoms with Gasteiger partial charge in [-0.3, -0.25) is 4.79 Å². The molecule has 2 aromatic rings. The third kappa shape index (κ3) is 4.53. The van der Waals surface area contributed by atoms with E-state index in [-0.39, 0.29) is 12.0 Å². The van der Waals surface area contributed by atoms with Crippen LogP contribution in [-0.2, 0) is 17.6 Å². The van der Waals surface area contributed by atoms with Crippen molar-refractivity contribution in [2.24, 2.45) is 0 Å². The predicted molar refractivity (Wildman–Crippen MR) is 98.1 cm³/mol. The quantitative estimate of drug-likeness (QED) is 0.809. The first-order chi connectivity index (χ1) is 12.2. The van der Waals surface area contributed by atoms with E-state index in [2.05, 4.69) is 31.2 Å². The number of nitrogens with zero attached hydrogens (tertiary/aromatic N) is 1. The third-order valence-electron chi connectivity index (χ3n) is 4.53. The molecule has 4 heteroatoms. The number of hydrogen-bond acceptors (Lipinski definition) is 3. The van der Waals surface area contributed by atoms with Crippen molar-refractivity contribution in [3.8, 4) is 11.5 Å². The molecule has 2 aromatic carbocycles. The van der Waals surface area contributed by atoms with E-state index < -0.39 is 0 Å². The van der Waals surface area contributed by atoms with Gasteiger partial charge in [0.1, 0.15) is 6.61 Å². The van der Waals surface area contributed by atoms with Crippen molar-refractivity contribution in [1.29, 1.82) is 0 Å². The molecule has 1 unspecified atom stereocenters. The Hall–Kier alpha value is -2.49. The Kier molecular flexibility index (Phi) is 5.59. The zero-order valence-corrected chi connectivity index (χ0v) is 14.9. The van der Waals surface area contributed by atoms with Crippen molar-refractivity contribution in [2.45, 2.75) is 32.3 Å². The summed E-state index contributed by atoms with van der Waals surface area (Å²) in [7, 11) is 1.83. The minimum Gasteiger partial charge on any atom is -0.486 e. The summed E-state index contributed by atoms with van der Waals surface area (Å²) >= 11 is 0. The first-order valence-electron chi connectivity index (χ1n) is 8.86. The van der Waals surface area contributed by atoms with Crippen molar-refractivity contribution in [1.82, 2.24) is 4.90 Å². The number of carbonyl (C=O) groups excluding carboxylic acids is 1. The van der Waals surface area contributed by atoms with Gasteiger partial charge in [-0.2, -0.15) is 0 Å². The molecule has 1 atom stereocenters. The Bertz CT molecular complexity index is 711. The van der Waals surface area contributed by atoms with Crippen LogP contribution in [0.2, 0.25) is 0 Å². The number of fused-ring (bicyclic) bond motifs is 1. The SMILES string of the molecule is CCc1ccc(CCC(=O)N(C)CC2COc3ccccc3O2)cc1. The van der Waals surface area contributed by atoms with Crippen molar-refractivity contribution in [3.63, 3.8) is 0 Å². The number of ether oxygens (including phenoxy) is 2. The predicted octanol–water partition coefficient (Wildman–Crippen LogP) is 3.48. The molecule has 25 heavy (non-hydrogen) atoms. The summed E-state index contributed by atoms with van der Waals surface area (Å²) in [4.78, 5) is 14.1. The maximum absolute atomic E-state index is 12.4. The van der Waals surface area contributed by atoms with Crippen LogP contribution in [0.5, 0.6) is 11.5 Å². The second-order valence-corrected chi connectivity index (χ2v) is 6.44. The average Bonchev–Trinajstić information content (AvgIpc) is 2.66. The van der Waals surface area contributed by atoms with Crippen molar-refractivity contribution < 1.29 is 14.3 Å². The summed E-state index contributed by atoms with van der Waals surface area (Å²) in [5.74, 6) is 1.64. The van der Waals surface area contributed by atoms with E-state index in [1.54, 1.807) is 4.90 Å². The highest BCUT2D eigenvalue weighted by Gasteiger charge is 2.23. The number of hydrogen-bond donors (Lipinski definition) is 0. The minimum atomic E-state index is -0.132. The van der Waals surface area contributed by atoms with Gasteiger partial charge < -0.3 is 14.4 Å². The summed E-state index contributed by atoms with van der Waals surface area (Å²) in [5, 5.41) is 0. The Balaban J connectivity index is 1.47. The van der Waals surface area contributed by atoms with Gasteiger partial charge in [-0.25, -0.2) is 0 Å². The molecule has 0 fully saturated rings. The maximum atomic E-state index is 12.4. The minimum absolute atomic E-state index is 0.127. The van der Waals surface area contributed by atoms with Crippen LogP contribution in [0.3, 0.4) is 0 Å². The Labute approximate surface area is 149 Å². The van der Waals surface area contributed by atoms with E-state index in [9.17, 15) is 4.79 Å². The van der Waals surface area contributed by atoms with E-state index in [0.717, 1.165) is 24.3 Å². The molecule has 1 heterocycles. The average molecular weight is 339 g/mol. The van der Waals surface area contributed by atoms with Crippen LogP contribution in [-0.4, -0.2) is 37.1 Å². The molecule has 0 radical (unpaired) electrons. The molecule has 0 N–H and O–H groups in total. The monoisotopic (exact) mass is 339 g/mol. The number of rotatable bonds is 6. The number of para-hydroxylation sites is 2. The highest BCUT2D eigenvalue weighted by atomic mass is 16.6. The molecule has 4 nitrogen and oxygen atoms in total. The normalized spacial score (nSPS) is 15.7. The van der Waals surface area contributed by atoms with Crippen molar-refractivity contribution >= 4 is 5.91 Å². The first-order valence-corrected chi connectivity index (χ1v) is 8.86. The lowest BCUT2D eigenvalue weighted by Gasteiger charge is -2.29. The fourth-order valence-electron chi connectivity index (χ4n) is 2.94. The lowest BCUT2D eigenvalue weighted by molar-refractivity contribution is -0.131. The summed E-state index contributed by atoms with van der Waals surface area (Å²) in [6, 6.07) is 16.1. The highest BCUT2D eigenvalue weighted by molar-refractivity contribution is 5.76. The highest BCUT2D eigenvalue weighted by Crippen LogP contribution is 2.30. The van der Waals surface area contributed by atoms with Crippen LogP contribution in [0.25, 0.3) is 0 Å². The first kappa shape index (κ1) is 17.3. The lowest BCUT2D eigenvalue weighted by atomic mass is 10.1. The molecule has 0 spiro atoms. The Morgan fingerprint density at radius 3 is 2.48 bits per heavy atom. The molecule has 3 rings (SSSR count). The zero-order chi connectivity index (χ0) is 17.6. The summed E-state index contributed by atoms with van der Waals surface area (Å²) in [6.07, 6.45) is 2.17. The second kappa shape index (κ2) is 8.06. The van der Waals surface area contributed by atoms with Gasteiger partial charge in [0.2, 0.25) is 5.91 Å². The molecule has 1 aliphatic heterocycles. The van der Waals surface area contributed by atoms with Gasteiger partial charge in [-0.1, -0.05) is 43.3 Å². The zero-order valence-electron chi connectivity index (χ0n) is 14.9. The third-order valence-corrected chi connectivity index (χ3v) is 4.53. The molecule has 0 aromatic heterocycles. The van der Waals surface area contributed by atoms with Crippen LogP contribution in [0.15, 0.2) is 48.5 Å². The van der Waals surface area contributed by atoms with Gasteiger partial charge >= 0.3 is 0 Å². The lowest BCUT2D eigenvalue weighted by Crippen LogP contribution is -2.41. The molecular formula is C21H25NO3. The fraction of sp³-hybridized carbons (Fsp3) is 0.381. The van der Waals surface area contributed by atoms with E-state index in [1.807, 2.05) is 31.3 Å². The van der Waals surface area contributed by atoms with Gasteiger partial charge in [0.15, 0.2) is 17.6 Å². The Morgan fingerprint density at radius 1 is 1.08 bits per heavy atom. The molecule has 0 bridgehead atoms. The number of likely N-dealkylation sites (N-methyl/N-ethyl adjacent to an activating group) is 1. The van der Waals surface area contributed by atoms with Crippen molar-refractivity contribution in [3.05, 3.63) is 59.7 Å². The van der Waals surface area contributed by atoms with E-state index in [1.165, 1.54) is 11.1 Å². The molecule has 0 saturated heterocycles. The standard InChI is InChI=1S/C21H25NO3/c1-3-16-8-10-17(11-9-16)12-13-21(23)22(2)14-18-15-24-19-6-4-5-7-20(19)25-18/h4-11,18H,3,12-15H2,1-2H3. The molecule has 132 valence electrons. The second-order valence-electron chi connectivity index (χ2n) is 6.44. The molecule has 1 amide bonds. The van der Waals surface area contributed by atoms with Crippen LogP contribution < -0.4 is 9.47 Å². The van der Waals surface area contributed by atoms with Crippen molar-refractivity contribution in [2.75, 3.05) is 20.2 Å². The number of aryl methyl sites for hydroxylation is 2. The fourth-order valence-corrected chi connectivity index (χ4v) is 2.94. The molecule has 0 aliphatic carbocycles. The van der Waals surface area contributed by atoms with E-state index >= 15 is 0 Å². The van der Waals surface area contributed by atoms with Gasteiger partial charge in [0.05, 0.1) is 6.54 Å². The number of carbonyl (C=O) groups is 1. The maximum Gasteiger partial charge on any atom is 0.222 e. The van der Waals surface area contributed by atoms with E-state index in [4.69, 9.17) is 9.47 Å². The smallest absolute Gasteiger partial charge is 0.222 e. The van der Waals surface area contributed by atoms with Gasteiger partial charge in [0.25, 0.3) is 0 Å². The Morgan fingerprint density at radius 2 is 1.76 bits per heavy atom. The summed E-state index contributed by atoms with van der Waals surface area (Å²) in [6.45, 7) is 3.14. The largest absolute Gasteiger partial charge is 0.486 e. The number of amides is 1. The van der Waals surface area contributed by atoms with Crippen LogP contribution >= 0.6 is 0 Å². The van der Waals surface area contributed by atoms with E-state index in [0.29, 0.717) is 19.6 Å². The topological polar surface area (TPSA) is 38.8 Å². The number of benzene rings is 2. The van der Waals surface area contributed by atoms with Gasteiger partial charge in [-0.15, -0.1) is 0 Å². The summed E-state index contributed by atoms with van der Waals surface area (Å²) < 4.78 is 11.6. The molecule has 1 aliphatic rings. The van der Waals surface area contributed by atoms with Gasteiger partial charge in [-0.05, 0) is 36.1 Å². The van der Waals surface area contributed by atoms with Gasteiger partial charge in [0, 0.05) is 13.5 Å². The molecular weight excluding hydrogens is 314 g/mol. The van der Waals surface area contributed by atoms with Crippen LogP contribution in [0, 0.1) is 0 Å². The van der Waals surface area contributed by atoms with Crippen LogP contribution in [0.4, 0.5) is 0 Å².